The number of hydrogen-bond acceptors (Lipinski definition) is 5. The SMILES string of the molecule is COc1ccc2c(c1)OC1(CCN(C(=O)CNC(C)=O)CC1)CNC2=O. The summed E-state index contributed by atoms with van der Waals surface area (Å²) in [6.07, 6.45) is 1.19. The number of ether oxygens (including phenoxy) is 2. The van der Waals surface area contributed by atoms with Gasteiger partial charge in [0.1, 0.15) is 17.1 Å². The van der Waals surface area contributed by atoms with E-state index in [9.17, 15) is 14.4 Å². The molecule has 2 aliphatic rings. The Hall–Kier alpha value is -2.77. The van der Waals surface area contributed by atoms with Gasteiger partial charge in [0.25, 0.3) is 5.91 Å². The van der Waals surface area contributed by atoms with E-state index in [1.54, 1.807) is 30.2 Å². The minimum Gasteiger partial charge on any atom is -0.497 e. The lowest BCUT2D eigenvalue weighted by atomic mass is 9.91. The molecular weight excluding hydrogens is 338 g/mol. The zero-order valence-corrected chi connectivity index (χ0v) is 15.0. The predicted molar refractivity (Wildman–Crippen MR) is 93.2 cm³/mol. The van der Waals surface area contributed by atoms with Crippen LogP contribution in [-0.2, 0) is 9.59 Å². The van der Waals surface area contributed by atoms with E-state index in [4.69, 9.17) is 9.47 Å². The van der Waals surface area contributed by atoms with Gasteiger partial charge in [-0.15, -0.1) is 0 Å². The quantitative estimate of drug-likeness (QED) is 0.808. The first-order valence-corrected chi connectivity index (χ1v) is 8.60. The molecule has 2 aliphatic heterocycles. The summed E-state index contributed by atoms with van der Waals surface area (Å²) in [6.45, 7) is 2.78. The lowest BCUT2D eigenvalue weighted by Gasteiger charge is -2.41. The molecule has 26 heavy (non-hydrogen) atoms. The van der Waals surface area contributed by atoms with Gasteiger partial charge in [-0.1, -0.05) is 0 Å². The Morgan fingerprint density at radius 2 is 2.08 bits per heavy atom. The Kier molecular flexibility index (Phi) is 5.01. The van der Waals surface area contributed by atoms with Crippen LogP contribution in [0.25, 0.3) is 0 Å². The molecule has 8 heteroatoms. The number of rotatable bonds is 3. The Labute approximate surface area is 151 Å². The second kappa shape index (κ2) is 7.23. The molecule has 1 fully saturated rings. The summed E-state index contributed by atoms with van der Waals surface area (Å²) >= 11 is 0. The van der Waals surface area contributed by atoms with Gasteiger partial charge < -0.3 is 25.0 Å². The van der Waals surface area contributed by atoms with Crippen molar-refractivity contribution in [3.05, 3.63) is 23.8 Å². The van der Waals surface area contributed by atoms with Crippen molar-refractivity contribution < 1.29 is 23.9 Å². The molecule has 3 amide bonds. The number of piperidine rings is 1. The van der Waals surface area contributed by atoms with E-state index in [0.717, 1.165) is 0 Å². The lowest BCUT2D eigenvalue weighted by molar-refractivity contribution is -0.135. The second-order valence-electron chi connectivity index (χ2n) is 6.62. The van der Waals surface area contributed by atoms with Crippen molar-refractivity contribution in [2.45, 2.75) is 25.4 Å². The number of fused-ring (bicyclic) bond motifs is 1. The maximum atomic E-state index is 12.3. The summed E-state index contributed by atoms with van der Waals surface area (Å²) in [5, 5.41) is 5.44. The molecule has 3 rings (SSSR count). The Morgan fingerprint density at radius 3 is 2.73 bits per heavy atom. The normalized spacial score (nSPS) is 18.2. The van der Waals surface area contributed by atoms with Crippen LogP contribution in [0.15, 0.2) is 18.2 Å². The largest absolute Gasteiger partial charge is 0.497 e. The molecule has 0 saturated carbocycles. The highest BCUT2D eigenvalue weighted by Crippen LogP contribution is 2.35. The van der Waals surface area contributed by atoms with E-state index in [1.807, 2.05) is 0 Å². The fourth-order valence-corrected chi connectivity index (χ4v) is 3.26. The van der Waals surface area contributed by atoms with E-state index < -0.39 is 5.60 Å². The first-order chi connectivity index (χ1) is 12.4. The molecule has 0 bridgehead atoms. The minimum atomic E-state index is -0.557. The zero-order chi connectivity index (χ0) is 18.7. The molecule has 1 spiro atoms. The number of likely N-dealkylation sites (tertiary alicyclic amines) is 1. The number of carbonyl (C=O) groups excluding carboxylic acids is 3. The first kappa shape index (κ1) is 18.0. The van der Waals surface area contributed by atoms with Crippen LogP contribution in [-0.4, -0.2) is 61.5 Å². The second-order valence-corrected chi connectivity index (χ2v) is 6.62. The first-order valence-electron chi connectivity index (χ1n) is 8.60. The minimum absolute atomic E-state index is 0.0000410. The zero-order valence-electron chi connectivity index (χ0n) is 15.0. The third-order valence-electron chi connectivity index (χ3n) is 4.85. The van der Waals surface area contributed by atoms with Crippen molar-refractivity contribution in [3.63, 3.8) is 0 Å². The van der Waals surface area contributed by atoms with E-state index in [2.05, 4.69) is 10.6 Å². The number of nitrogens with zero attached hydrogens (tertiary/aromatic N) is 1. The highest BCUT2D eigenvalue weighted by Gasteiger charge is 2.41. The van der Waals surface area contributed by atoms with Gasteiger partial charge in [0, 0.05) is 38.9 Å². The molecule has 0 atom stereocenters. The molecule has 1 aromatic carbocycles. The number of benzene rings is 1. The average molecular weight is 361 g/mol. The van der Waals surface area contributed by atoms with Crippen LogP contribution in [0, 0.1) is 0 Å². The van der Waals surface area contributed by atoms with E-state index in [0.29, 0.717) is 49.5 Å². The Balaban J connectivity index is 1.71. The number of nitrogens with one attached hydrogen (secondary N) is 2. The Bertz CT molecular complexity index is 726. The summed E-state index contributed by atoms with van der Waals surface area (Å²) in [7, 11) is 1.56. The van der Waals surface area contributed by atoms with E-state index >= 15 is 0 Å². The third-order valence-corrected chi connectivity index (χ3v) is 4.85. The van der Waals surface area contributed by atoms with Gasteiger partial charge in [0.15, 0.2) is 0 Å². The predicted octanol–water partition coefficient (Wildman–Crippen LogP) is 0.315. The Morgan fingerprint density at radius 1 is 1.35 bits per heavy atom. The topological polar surface area (TPSA) is 97.0 Å². The molecule has 1 aromatic rings. The van der Waals surface area contributed by atoms with Crippen molar-refractivity contribution >= 4 is 17.7 Å². The van der Waals surface area contributed by atoms with Gasteiger partial charge in [0.2, 0.25) is 11.8 Å². The lowest BCUT2D eigenvalue weighted by Crippen LogP contribution is -2.55. The van der Waals surface area contributed by atoms with Crippen LogP contribution in [0.4, 0.5) is 0 Å². The monoisotopic (exact) mass is 361 g/mol. The standard InChI is InChI=1S/C18H23N3O5/c1-12(22)19-10-16(23)21-7-5-18(6-8-21)11-20-17(24)14-4-3-13(25-2)9-15(14)26-18/h3-4,9H,5-8,10-11H2,1-2H3,(H,19,22)(H,20,24). The highest BCUT2D eigenvalue weighted by molar-refractivity contribution is 5.97. The molecule has 0 aromatic heterocycles. The summed E-state index contributed by atoms with van der Waals surface area (Å²) in [5.74, 6) is 0.597. The van der Waals surface area contributed by atoms with Crippen molar-refractivity contribution in [2.75, 3.05) is 33.3 Å². The molecule has 2 N–H and O–H groups in total. The van der Waals surface area contributed by atoms with Gasteiger partial charge in [-0.25, -0.2) is 0 Å². The van der Waals surface area contributed by atoms with Crippen molar-refractivity contribution in [1.82, 2.24) is 15.5 Å². The van der Waals surface area contributed by atoms with Crippen LogP contribution >= 0.6 is 0 Å². The molecule has 1 saturated heterocycles. The summed E-state index contributed by atoms with van der Waals surface area (Å²) in [6, 6.07) is 5.13. The smallest absolute Gasteiger partial charge is 0.255 e. The van der Waals surface area contributed by atoms with E-state index in [1.165, 1.54) is 6.92 Å². The van der Waals surface area contributed by atoms with Crippen molar-refractivity contribution in [2.24, 2.45) is 0 Å². The van der Waals surface area contributed by atoms with Gasteiger partial charge in [0.05, 0.1) is 25.8 Å². The van der Waals surface area contributed by atoms with Crippen LogP contribution < -0.4 is 20.1 Å². The number of carbonyl (C=O) groups is 3. The molecule has 140 valence electrons. The fourth-order valence-electron chi connectivity index (χ4n) is 3.26. The summed E-state index contributed by atoms with van der Waals surface area (Å²) in [5.41, 5.74) is -0.0789. The maximum absolute atomic E-state index is 12.3. The van der Waals surface area contributed by atoms with Gasteiger partial charge in [-0.3, -0.25) is 14.4 Å². The van der Waals surface area contributed by atoms with Crippen molar-refractivity contribution in [1.29, 1.82) is 0 Å². The number of methoxy groups -OCH3 is 1. The molecule has 0 aliphatic carbocycles. The van der Waals surface area contributed by atoms with Crippen LogP contribution in [0.1, 0.15) is 30.1 Å². The summed E-state index contributed by atoms with van der Waals surface area (Å²) < 4.78 is 11.5. The molecule has 2 heterocycles. The molecule has 0 unspecified atom stereocenters. The number of amides is 3. The molecule has 8 nitrogen and oxygen atoms in total. The third kappa shape index (κ3) is 3.74. The maximum Gasteiger partial charge on any atom is 0.255 e. The summed E-state index contributed by atoms with van der Waals surface area (Å²) in [4.78, 5) is 37.1. The van der Waals surface area contributed by atoms with E-state index in [-0.39, 0.29) is 24.3 Å². The molecule has 0 radical (unpaired) electrons. The van der Waals surface area contributed by atoms with Crippen LogP contribution in [0.5, 0.6) is 11.5 Å². The van der Waals surface area contributed by atoms with Crippen molar-refractivity contribution in [3.8, 4) is 11.5 Å². The average Bonchev–Trinajstić information content (AvgIpc) is 2.77. The number of hydrogen-bond donors (Lipinski definition) is 2. The van der Waals surface area contributed by atoms with Crippen LogP contribution in [0.3, 0.4) is 0 Å². The fraction of sp³-hybridized carbons (Fsp3) is 0.500. The van der Waals surface area contributed by atoms with Gasteiger partial charge >= 0.3 is 0 Å². The van der Waals surface area contributed by atoms with Gasteiger partial charge in [-0.2, -0.15) is 0 Å². The van der Waals surface area contributed by atoms with Gasteiger partial charge in [-0.05, 0) is 12.1 Å². The molecular formula is C18H23N3O5. The highest BCUT2D eigenvalue weighted by atomic mass is 16.5. The van der Waals surface area contributed by atoms with Crippen LogP contribution in [0.2, 0.25) is 0 Å².